The number of pyridine rings is 1. The van der Waals surface area contributed by atoms with Gasteiger partial charge >= 0.3 is 0 Å². The second-order valence-corrected chi connectivity index (χ2v) is 7.92. The van der Waals surface area contributed by atoms with E-state index in [0.29, 0.717) is 12.2 Å². The summed E-state index contributed by atoms with van der Waals surface area (Å²) in [5.74, 6) is 0.863. The monoisotopic (exact) mass is 417 g/mol. The zero-order valence-electron chi connectivity index (χ0n) is 14.6. The highest BCUT2D eigenvalue weighted by atomic mass is 79.9. The molecule has 3 aromatic rings. The number of benzene rings is 1. The fraction of sp³-hybridized carbons (Fsp3) is 0.300. The Kier molecular flexibility index (Phi) is 5.54. The topological polar surface area (TPSA) is 39.2 Å². The number of hydrogen-bond donors (Lipinski definition) is 0. The van der Waals surface area contributed by atoms with Crippen LogP contribution in [-0.2, 0) is 6.42 Å². The number of carbonyl (C=O) groups excluding carboxylic acids is 1. The molecule has 2 heterocycles. The Labute approximate surface area is 160 Å². The number of aldehydes is 1. The van der Waals surface area contributed by atoms with Crippen molar-refractivity contribution in [3.63, 3.8) is 0 Å². The van der Waals surface area contributed by atoms with Crippen LogP contribution >= 0.6 is 27.3 Å². The molecule has 0 N–H and O–H groups in total. The molecule has 130 valence electrons. The van der Waals surface area contributed by atoms with Gasteiger partial charge < -0.3 is 4.74 Å². The molecule has 0 radical (unpaired) electrons. The maximum Gasteiger partial charge on any atom is 0.153 e. The standard InChI is InChI=1S/C20H20BrNO2S/c1-4-14-5-6-18(24-8-7-21)15(10-14)16-9-12(2)22-19-17(11-23)13(3)25-20(16)19/h5-6,9-11H,4,7-8H2,1-3H3. The number of nitrogens with zero attached hydrogens (tertiary/aromatic N) is 1. The van der Waals surface area contributed by atoms with Crippen LogP contribution in [0.5, 0.6) is 5.75 Å². The summed E-state index contributed by atoms with van der Waals surface area (Å²) < 4.78 is 7.00. The van der Waals surface area contributed by atoms with Crippen molar-refractivity contribution in [3.8, 4) is 16.9 Å². The lowest BCUT2D eigenvalue weighted by atomic mass is 10.00. The molecule has 3 rings (SSSR count). The molecule has 0 aliphatic rings. The summed E-state index contributed by atoms with van der Waals surface area (Å²) in [6, 6.07) is 8.42. The molecule has 25 heavy (non-hydrogen) atoms. The van der Waals surface area contributed by atoms with Gasteiger partial charge in [-0.25, -0.2) is 0 Å². The van der Waals surface area contributed by atoms with Crippen LogP contribution in [-0.4, -0.2) is 23.2 Å². The van der Waals surface area contributed by atoms with E-state index in [0.717, 1.165) is 55.7 Å². The molecule has 0 saturated heterocycles. The van der Waals surface area contributed by atoms with E-state index in [4.69, 9.17) is 4.74 Å². The molecule has 2 aromatic heterocycles. The fourth-order valence-corrected chi connectivity index (χ4v) is 4.20. The highest BCUT2D eigenvalue weighted by molar-refractivity contribution is 9.09. The average Bonchev–Trinajstić information content (AvgIpc) is 2.94. The number of rotatable bonds is 6. The maximum absolute atomic E-state index is 11.5. The van der Waals surface area contributed by atoms with Gasteiger partial charge in [0.25, 0.3) is 0 Å². The van der Waals surface area contributed by atoms with Crippen LogP contribution < -0.4 is 4.74 Å². The first-order valence-corrected chi connectivity index (χ1v) is 10.2. The largest absolute Gasteiger partial charge is 0.492 e. The molecule has 0 atom stereocenters. The summed E-state index contributed by atoms with van der Waals surface area (Å²) in [4.78, 5) is 17.1. The Morgan fingerprint density at radius 1 is 1.24 bits per heavy atom. The number of aromatic nitrogens is 1. The quantitative estimate of drug-likeness (QED) is 0.379. The second-order valence-electron chi connectivity index (χ2n) is 5.90. The number of hydrogen-bond acceptors (Lipinski definition) is 4. The Balaban J connectivity index is 2.30. The third-order valence-electron chi connectivity index (χ3n) is 4.19. The van der Waals surface area contributed by atoms with Gasteiger partial charge in [-0.1, -0.05) is 28.9 Å². The minimum absolute atomic E-state index is 0.606. The maximum atomic E-state index is 11.5. The number of aryl methyl sites for hydroxylation is 3. The summed E-state index contributed by atoms with van der Waals surface area (Å²) in [5.41, 5.74) is 5.79. The molecule has 1 aromatic carbocycles. The van der Waals surface area contributed by atoms with E-state index in [9.17, 15) is 4.79 Å². The molecular formula is C20H20BrNO2S. The smallest absolute Gasteiger partial charge is 0.153 e. The number of fused-ring (bicyclic) bond motifs is 1. The molecule has 3 nitrogen and oxygen atoms in total. The Morgan fingerprint density at radius 2 is 2.04 bits per heavy atom. The van der Waals surface area contributed by atoms with Gasteiger partial charge in [-0.3, -0.25) is 9.78 Å². The number of halogens is 1. The Bertz CT molecular complexity index is 933. The van der Waals surface area contributed by atoms with Crippen LogP contribution in [0.3, 0.4) is 0 Å². The highest BCUT2D eigenvalue weighted by Gasteiger charge is 2.18. The molecular weight excluding hydrogens is 398 g/mol. The molecule has 0 saturated carbocycles. The van der Waals surface area contributed by atoms with E-state index in [1.165, 1.54) is 5.56 Å². The van der Waals surface area contributed by atoms with Crippen molar-refractivity contribution in [1.29, 1.82) is 0 Å². The van der Waals surface area contributed by atoms with E-state index in [1.807, 2.05) is 19.9 Å². The average molecular weight is 418 g/mol. The van der Waals surface area contributed by atoms with Crippen molar-refractivity contribution in [2.75, 3.05) is 11.9 Å². The first-order valence-electron chi connectivity index (χ1n) is 8.27. The van der Waals surface area contributed by atoms with Crippen LogP contribution in [0, 0.1) is 13.8 Å². The van der Waals surface area contributed by atoms with Crippen molar-refractivity contribution < 1.29 is 9.53 Å². The molecule has 0 aliphatic carbocycles. The molecule has 0 amide bonds. The van der Waals surface area contributed by atoms with Crippen LogP contribution in [0.15, 0.2) is 24.3 Å². The molecule has 0 spiro atoms. The van der Waals surface area contributed by atoms with Crippen molar-refractivity contribution in [2.45, 2.75) is 27.2 Å². The lowest BCUT2D eigenvalue weighted by Gasteiger charge is -2.14. The van der Waals surface area contributed by atoms with Crippen LogP contribution in [0.25, 0.3) is 21.3 Å². The molecule has 0 bridgehead atoms. The minimum atomic E-state index is 0.606. The number of carbonyl (C=O) groups is 1. The van der Waals surface area contributed by atoms with Gasteiger partial charge in [-0.2, -0.15) is 0 Å². The van der Waals surface area contributed by atoms with E-state index < -0.39 is 0 Å². The van der Waals surface area contributed by atoms with Crippen molar-refractivity contribution in [3.05, 3.63) is 46.0 Å². The van der Waals surface area contributed by atoms with E-state index in [1.54, 1.807) is 11.3 Å². The summed E-state index contributed by atoms with van der Waals surface area (Å²) in [6.07, 6.45) is 1.87. The minimum Gasteiger partial charge on any atom is -0.492 e. The second kappa shape index (κ2) is 7.67. The van der Waals surface area contributed by atoms with Crippen LogP contribution in [0.1, 0.15) is 33.4 Å². The van der Waals surface area contributed by atoms with Gasteiger partial charge in [0.2, 0.25) is 0 Å². The normalized spacial score (nSPS) is 11.0. The van der Waals surface area contributed by atoms with E-state index in [2.05, 4.69) is 46.0 Å². The Hall–Kier alpha value is -1.72. The predicted octanol–water partition coefficient (Wildman–Crippen LogP) is 5.73. The molecule has 0 fully saturated rings. The van der Waals surface area contributed by atoms with E-state index >= 15 is 0 Å². The summed E-state index contributed by atoms with van der Waals surface area (Å²) in [5, 5.41) is 0.778. The summed E-state index contributed by atoms with van der Waals surface area (Å²) >= 11 is 5.04. The van der Waals surface area contributed by atoms with E-state index in [-0.39, 0.29) is 0 Å². The molecule has 0 unspecified atom stereocenters. The lowest BCUT2D eigenvalue weighted by Crippen LogP contribution is -2.00. The zero-order valence-corrected chi connectivity index (χ0v) is 17.0. The fourth-order valence-electron chi connectivity index (χ4n) is 2.94. The zero-order chi connectivity index (χ0) is 18.0. The highest BCUT2D eigenvalue weighted by Crippen LogP contribution is 2.40. The van der Waals surface area contributed by atoms with Crippen LogP contribution in [0.4, 0.5) is 0 Å². The first-order chi connectivity index (χ1) is 12.1. The third-order valence-corrected chi connectivity index (χ3v) is 5.65. The van der Waals surface area contributed by atoms with Crippen molar-refractivity contribution in [2.24, 2.45) is 0 Å². The van der Waals surface area contributed by atoms with Gasteiger partial charge in [-0.15, -0.1) is 11.3 Å². The van der Waals surface area contributed by atoms with Gasteiger partial charge in [-0.05, 0) is 44.0 Å². The van der Waals surface area contributed by atoms with Crippen LogP contribution in [0.2, 0.25) is 0 Å². The number of alkyl halides is 1. The number of thiophene rings is 1. The Morgan fingerprint density at radius 3 is 2.72 bits per heavy atom. The lowest BCUT2D eigenvalue weighted by molar-refractivity contribution is 0.112. The predicted molar refractivity (Wildman–Crippen MR) is 109 cm³/mol. The van der Waals surface area contributed by atoms with Gasteiger partial charge in [0, 0.05) is 27.0 Å². The molecule has 5 heteroatoms. The molecule has 0 aliphatic heterocycles. The van der Waals surface area contributed by atoms with Crippen molar-refractivity contribution in [1.82, 2.24) is 4.98 Å². The SMILES string of the molecule is CCc1ccc(OCCBr)c(-c2cc(C)nc3c(C=O)c(C)sc23)c1. The van der Waals surface area contributed by atoms with Gasteiger partial charge in [0.15, 0.2) is 6.29 Å². The summed E-state index contributed by atoms with van der Waals surface area (Å²) in [7, 11) is 0. The van der Waals surface area contributed by atoms with Crippen molar-refractivity contribution >= 4 is 43.8 Å². The van der Waals surface area contributed by atoms with Gasteiger partial charge in [0.1, 0.15) is 5.75 Å². The van der Waals surface area contributed by atoms with Gasteiger partial charge in [0.05, 0.1) is 22.4 Å². The third kappa shape index (κ3) is 3.48. The number of ether oxygens (including phenoxy) is 1. The first kappa shape index (κ1) is 18.1. The summed E-state index contributed by atoms with van der Waals surface area (Å²) in [6.45, 7) is 6.69.